The molecule has 0 atom stereocenters. The molecule has 0 amide bonds. The number of hydrogen-bond acceptors (Lipinski definition) is 2. The maximum absolute atomic E-state index is 5.39. The average molecular weight is 182 g/mol. The quantitative estimate of drug-likeness (QED) is 0.654. The summed E-state index contributed by atoms with van der Waals surface area (Å²) in [5.41, 5.74) is 1.02. The summed E-state index contributed by atoms with van der Waals surface area (Å²) in [6.07, 6.45) is 3.06. The SMILES string of the molecule is CCCOCc1ccn(C(C)C)n1. The van der Waals surface area contributed by atoms with Gasteiger partial charge in [0.1, 0.15) is 0 Å². The first-order valence-electron chi connectivity index (χ1n) is 4.85. The van der Waals surface area contributed by atoms with Crippen LogP contribution in [-0.4, -0.2) is 16.4 Å². The van der Waals surface area contributed by atoms with E-state index in [2.05, 4.69) is 25.9 Å². The third-order valence-corrected chi connectivity index (χ3v) is 1.79. The summed E-state index contributed by atoms with van der Waals surface area (Å²) < 4.78 is 7.34. The second kappa shape index (κ2) is 5.02. The molecular formula is C10H18N2O. The largest absolute Gasteiger partial charge is 0.375 e. The molecule has 3 nitrogen and oxygen atoms in total. The lowest BCUT2D eigenvalue weighted by Gasteiger charge is -2.03. The molecule has 0 fully saturated rings. The number of nitrogens with zero attached hydrogens (tertiary/aromatic N) is 2. The van der Waals surface area contributed by atoms with Gasteiger partial charge >= 0.3 is 0 Å². The zero-order valence-corrected chi connectivity index (χ0v) is 8.66. The van der Waals surface area contributed by atoms with Crippen LogP contribution in [0.5, 0.6) is 0 Å². The summed E-state index contributed by atoms with van der Waals surface area (Å²) >= 11 is 0. The second-order valence-electron chi connectivity index (χ2n) is 3.43. The summed E-state index contributed by atoms with van der Waals surface area (Å²) in [7, 11) is 0. The highest BCUT2D eigenvalue weighted by atomic mass is 16.5. The van der Waals surface area contributed by atoms with Gasteiger partial charge in [0.05, 0.1) is 12.3 Å². The minimum absolute atomic E-state index is 0.430. The molecule has 0 saturated heterocycles. The van der Waals surface area contributed by atoms with Crippen LogP contribution in [0.1, 0.15) is 38.9 Å². The van der Waals surface area contributed by atoms with Gasteiger partial charge in [-0.25, -0.2) is 0 Å². The Labute approximate surface area is 79.7 Å². The minimum atomic E-state index is 0.430. The Kier molecular flexibility index (Phi) is 3.96. The fraction of sp³-hybridized carbons (Fsp3) is 0.700. The van der Waals surface area contributed by atoms with E-state index in [0.717, 1.165) is 18.7 Å². The predicted molar refractivity (Wildman–Crippen MR) is 52.6 cm³/mol. The van der Waals surface area contributed by atoms with E-state index in [1.165, 1.54) is 0 Å². The van der Waals surface area contributed by atoms with Crippen molar-refractivity contribution in [3.05, 3.63) is 18.0 Å². The van der Waals surface area contributed by atoms with Crippen molar-refractivity contribution in [2.45, 2.75) is 39.8 Å². The smallest absolute Gasteiger partial charge is 0.0906 e. The van der Waals surface area contributed by atoms with Crippen LogP contribution in [0.15, 0.2) is 12.3 Å². The van der Waals surface area contributed by atoms with Crippen LogP contribution in [0.25, 0.3) is 0 Å². The highest BCUT2D eigenvalue weighted by Gasteiger charge is 2.00. The predicted octanol–water partition coefficient (Wildman–Crippen LogP) is 2.39. The van der Waals surface area contributed by atoms with Crippen LogP contribution >= 0.6 is 0 Å². The molecule has 0 saturated carbocycles. The van der Waals surface area contributed by atoms with Crippen molar-refractivity contribution >= 4 is 0 Å². The zero-order chi connectivity index (χ0) is 9.68. The molecule has 0 radical (unpaired) electrons. The van der Waals surface area contributed by atoms with Gasteiger partial charge in [0.2, 0.25) is 0 Å². The molecule has 0 aliphatic carbocycles. The van der Waals surface area contributed by atoms with E-state index in [-0.39, 0.29) is 0 Å². The van der Waals surface area contributed by atoms with Gasteiger partial charge in [0.25, 0.3) is 0 Å². The molecule has 0 unspecified atom stereocenters. The van der Waals surface area contributed by atoms with Gasteiger partial charge in [-0.3, -0.25) is 4.68 Å². The molecule has 3 heteroatoms. The molecule has 1 aromatic rings. The van der Waals surface area contributed by atoms with Crippen molar-refractivity contribution in [2.24, 2.45) is 0 Å². The molecule has 13 heavy (non-hydrogen) atoms. The third kappa shape index (κ3) is 3.19. The Morgan fingerprint density at radius 2 is 2.31 bits per heavy atom. The van der Waals surface area contributed by atoms with E-state index >= 15 is 0 Å². The van der Waals surface area contributed by atoms with Gasteiger partial charge in [-0.05, 0) is 26.3 Å². The Bertz CT molecular complexity index is 243. The van der Waals surface area contributed by atoms with E-state index in [4.69, 9.17) is 4.74 Å². The molecule has 1 rings (SSSR count). The standard InChI is InChI=1S/C10H18N2O/c1-4-7-13-8-10-5-6-12(11-10)9(2)3/h5-6,9H,4,7-8H2,1-3H3. The summed E-state index contributed by atoms with van der Waals surface area (Å²) in [6.45, 7) is 7.78. The maximum Gasteiger partial charge on any atom is 0.0906 e. The molecule has 74 valence electrons. The van der Waals surface area contributed by atoms with Crippen LogP contribution in [0, 0.1) is 0 Å². The van der Waals surface area contributed by atoms with Crippen LogP contribution in [0.2, 0.25) is 0 Å². The number of aromatic nitrogens is 2. The Morgan fingerprint density at radius 1 is 1.54 bits per heavy atom. The summed E-state index contributed by atoms with van der Waals surface area (Å²) in [5.74, 6) is 0. The van der Waals surface area contributed by atoms with Crippen LogP contribution in [0.4, 0.5) is 0 Å². The molecule has 1 heterocycles. The molecule has 1 aromatic heterocycles. The van der Waals surface area contributed by atoms with Crippen LogP contribution in [0.3, 0.4) is 0 Å². The fourth-order valence-corrected chi connectivity index (χ4v) is 1.06. The van der Waals surface area contributed by atoms with Crippen molar-refractivity contribution in [3.8, 4) is 0 Å². The Morgan fingerprint density at radius 3 is 2.85 bits per heavy atom. The summed E-state index contributed by atoms with van der Waals surface area (Å²) in [4.78, 5) is 0. The lowest BCUT2D eigenvalue weighted by molar-refractivity contribution is 0.118. The monoisotopic (exact) mass is 182 g/mol. The van der Waals surface area contributed by atoms with E-state index < -0.39 is 0 Å². The normalized spacial score (nSPS) is 11.1. The molecular weight excluding hydrogens is 164 g/mol. The molecule has 0 bridgehead atoms. The lowest BCUT2D eigenvalue weighted by Crippen LogP contribution is -2.02. The van der Waals surface area contributed by atoms with Gasteiger partial charge in [0, 0.05) is 18.8 Å². The number of hydrogen-bond donors (Lipinski definition) is 0. The topological polar surface area (TPSA) is 27.1 Å². The molecule has 0 spiro atoms. The first-order chi connectivity index (χ1) is 6.24. The summed E-state index contributed by atoms with van der Waals surface area (Å²) in [6, 6.07) is 2.44. The molecule has 0 N–H and O–H groups in total. The first-order valence-corrected chi connectivity index (χ1v) is 4.85. The van der Waals surface area contributed by atoms with Gasteiger partial charge in [-0.2, -0.15) is 5.10 Å². The number of ether oxygens (including phenoxy) is 1. The van der Waals surface area contributed by atoms with Gasteiger partial charge in [-0.1, -0.05) is 6.92 Å². The number of rotatable bonds is 5. The van der Waals surface area contributed by atoms with Crippen molar-refractivity contribution < 1.29 is 4.74 Å². The van der Waals surface area contributed by atoms with Crippen molar-refractivity contribution in [3.63, 3.8) is 0 Å². The average Bonchev–Trinajstić information content (AvgIpc) is 2.53. The summed E-state index contributed by atoms with van der Waals surface area (Å²) in [5, 5.41) is 4.37. The van der Waals surface area contributed by atoms with Crippen molar-refractivity contribution in [1.82, 2.24) is 9.78 Å². The molecule has 0 aromatic carbocycles. The van der Waals surface area contributed by atoms with Crippen LogP contribution in [-0.2, 0) is 11.3 Å². The van der Waals surface area contributed by atoms with Crippen LogP contribution < -0.4 is 0 Å². The highest BCUT2D eigenvalue weighted by molar-refractivity contribution is 4.97. The van der Waals surface area contributed by atoms with Gasteiger partial charge < -0.3 is 4.74 Å². The molecule has 0 aliphatic rings. The second-order valence-corrected chi connectivity index (χ2v) is 3.43. The first kappa shape index (κ1) is 10.3. The van der Waals surface area contributed by atoms with E-state index in [0.29, 0.717) is 12.6 Å². The fourth-order valence-electron chi connectivity index (χ4n) is 1.06. The van der Waals surface area contributed by atoms with E-state index in [9.17, 15) is 0 Å². The van der Waals surface area contributed by atoms with E-state index in [1.807, 2.05) is 16.9 Å². The minimum Gasteiger partial charge on any atom is -0.375 e. The Balaban J connectivity index is 2.40. The third-order valence-electron chi connectivity index (χ3n) is 1.79. The lowest BCUT2D eigenvalue weighted by atomic mass is 10.4. The van der Waals surface area contributed by atoms with Crippen molar-refractivity contribution in [1.29, 1.82) is 0 Å². The maximum atomic E-state index is 5.39. The van der Waals surface area contributed by atoms with Crippen molar-refractivity contribution in [2.75, 3.05) is 6.61 Å². The molecule has 0 aliphatic heterocycles. The van der Waals surface area contributed by atoms with Gasteiger partial charge in [0.15, 0.2) is 0 Å². The highest BCUT2D eigenvalue weighted by Crippen LogP contribution is 2.04. The van der Waals surface area contributed by atoms with Gasteiger partial charge in [-0.15, -0.1) is 0 Å². The van der Waals surface area contributed by atoms with E-state index in [1.54, 1.807) is 0 Å². The zero-order valence-electron chi connectivity index (χ0n) is 8.66. The Hall–Kier alpha value is -0.830.